The zero-order chi connectivity index (χ0) is 28.6. The second-order valence-corrected chi connectivity index (χ2v) is 11.9. The van der Waals surface area contributed by atoms with Crippen LogP contribution < -0.4 is 4.74 Å². The maximum absolute atomic E-state index is 15.3. The Balaban J connectivity index is 1.25. The molecule has 0 N–H and O–H groups in total. The number of rotatable bonds is 7. The summed E-state index contributed by atoms with van der Waals surface area (Å²) in [4.78, 5) is 30.0. The Hall–Kier alpha value is -3.11. The zero-order valence-electron chi connectivity index (χ0n) is 23.1. The predicted molar refractivity (Wildman–Crippen MR) is 150 cm³/mol. The summed E-state index contributed by atoms with van der Waals surface area (Å²) >= 11 is 6.05. The van der Waals surface area contributed by atoms with Crippen LogP contribution in [0.1, 0.15) is 56.7 Å². The van der Waals surface area contributed by atoms with E-state index in [4.69, 9.17) is 26.1 Å². The van der Waals surface area contributed by atoms with E-state index < -0.39 is 17.4 Å². The summed E-state index contributed by atoms with van der Waals surface area (Å²) in [5, 5.41) is 0.206. The van der Waals surface area contributed by atoms with Crippen molar-refractivity contribution in [1.82, 2.24) is 24.8 Å². The number of benzene rings is 1. The van der Waals surface area contributed by atoms with Crippen molar-refractivity contribution >= 4 is 28.6 Å². The fourth-order valence-electron chi connectivity index (χ4n) is 6.82. The molecular formula is C30H34ClF2N5O3. The summed E-state index contributed by atoms with van der Waals surface area (Å²) in [6.07, 6.45) is 4.40. The van der Waals surface area contributed by atoms with E-state index >= 15 is 4.39 Å². The smallest absolute Gasteiger partial charge is 0.410 e. The number of piperidine rings is 1. The second-order valence-electron chi connectivity index (χ2n) is 11.5. The molecule has 5 heterocycles. The van der Waals surface area contributed by atoms with Crippen molar-refractivity contribution in [3.8, 4) is 6.01 Å². The first-order valence-electron chi connectivity index (χ1n) is 14.3. The van der Waals surface area contributed by atoms with Gasteiger partial charge in [-0.15, -0.1) is 0 Å². The highest BCUT2D eigenvalue weighted by Crippen LogP contribution is 2.43. The lowest BCUT2D eigenvalue weighted by Crippen LogP contribution is -2.46. The van der Waals surface area contributed by atoms with Gasteiger partial charge in [0, 0.05) is 43.1 Å². The number of ether oxygens (including phenoxy) is 2. The average molecular weight is 586 g/mol. The number of carbonyl (C=O) groups excluding carboxylic acids is 1. The summed E-state index contributed by atoms with van der Waals surface area (Å²) in [7, 11) is 0. The van der Waals surface area contributed by atoms with E-state index in [1.165, 1.54) is 6.20 Å². The number of pyridine rings is 1. The summed E-state index contributed by atoms with van der Waals surface area (Å²) in [5.74, 6) is -0.726. The summed E-state index contributed by atoms with van der Waals surface area (Å²) in [6.45, 7) is 4.68. The van der Waals surface area contributed by atoms with Gasteiger partial charge in [-0.1, -0.05) is 48.9 Å². The topological polar surface area (TPSA) is 80.7 Å². The Morgan fingerprint density at radius 1 is 1.15 bits per heavy atom. The highest BCUT2D eigenvalue weighted by molar-refractivity contribution is 6.30. The lowest BCUT2D eigenvalue weighted by molar-refractivity contribution is 0.0757. The zero-order valence-corrected chi connectivity index (χ0v) is 23.9. The van der Waals surface area contributed by atoms with Crippen molar-refractivity contribution in [2.24, 2.45) is 0 Å². The fraction of sp³-hybridized carbons (Fsp3) is 0.533. The minimum Gasteiger partial charge on any atom is -0.461 e. The maximum Gasteiger partial charge on any atom is 0.410 e. The van der Waals surface area contributed by atoms with Gasteiger partial charge in [0.15, 0.2) is 11.0 Å². The molecule has 11 heteroatoms. The molecular weight excluding hydrogens is 552 g/mol. The van der Waals surface area contributed by atoms with Crippen molar-refractivity contribution in [1.29, 1.82) is 0 Å². The predicted octanol–water partition coefficient (Wildman–Crippen LogP) is 5.85. The van der Waals surface area contributed by atoms with Crippen LogP contribution in [-0.2, 0) is 16.8 Å². The number of alkyl halides is 1. The molecule has 0 bridgehead atoms. The molecule has 218 valence electrons. The van der Waals surface area contributed by atoms with Crippen molar-refractivity contribution in [2.45, 2.75) is 69.2 Å². The van der Waals surface area contributed by atoms with E-state index in [-0.39, 0.29) is 41.5 Å². The molecule has 2 atom stereocenters. The molecule has 1 amide bonds. The van der Waals surface area contributed by atoms with E-state index in [9.17, 15) is 9.18 Å². The number of hydrogen-bond donors (Lipinski definition) is 0. The van der Waals surface area contributed by atoms with E-state index in [1.807, 2.05) is 30.3 Å². The van der Waals surface area contributed by atoms with Gasteiger partial charge in [-0.25, -0.2) is 18.6 Å². The number of amides is 1. The second kappa shape index (κ2) is 11.3. The SMILES string of the molecule is CCC1(c2nc(OC[C@@]34CCCN3C[C@H](F)C4)nc3c(F)c(Cl)ncc23)CCN(C(=O)OCc2ccccc2)CC1. The molecule has 41 heavy (non-hydrogen) atoms. The largest absolute Gasteiger partial charge is 0.461 e. The van der Waals surface area contributed by atoms with Crippen molar-refractivity contribution in [2.75, 3.05) is 32.8 Å². The molecule has 6 rings (SSSR count). The Bertz CT molecular complexity index is 1420. The summed E-state index contributed by atoms with van der Waals surface area (Å²) < 4.78 is 41.3. The van der Waals surface area contributed by atoms with Crippen LogP contribution in [0, 0.1) is 5.82 Å². The Labute approximate surface area is 243 Å². The van der Waals surface area contributed by atoms with Crippen LogP contribution in [0.2, 0.25) is 5.15 Å². The molecule has 3 aliphatic heterocycles. The van der Waals surface area contributed by atoms with Gasteiger partial charge in [-0.05, 0) is 44.2 Å². The minimum absolute atomic E-state index is 0.0507. The van der Waals surface area contributed by atoms with Gasteiger partial charge < -0.3 is 14.4 Å². The molecule has 0 aliphatic carbocycles. The third-order valence-electron chi connectivity index (χ3n) is 9.22. The van der Waals surface area contributed by atoms with E-state index in [0.717, 1.165) is 24.9 Å². The number of likely N-dealkylation sites (tertiary alicyclic amines) is 1. The third kappa shape index (κ3) is 5.32. The highest BCUT2D eigenvalue weighted by Gasteiger charge is 2.49. The molecule has 0 unspecified atom stereocenters. The van der Waals surface area contributed by atoms with Crippen LogP contribution in [0.25, 0.3) is 10.9 Å². The first kappa shape index (κ1) is 28.0. The number of hydrogen-bond acceptors (Lipinski definition) is 7. The molecule has 0 saturated carbocycles. The molecule has 3 saturated heterocycles. The fourth-order valence-corrected chi connectivity index (χ4v) is 6.95. The van der Waals surface area contributed by atoms with Gasteiger partial charge in [0.2, 0.25) is 0 Å². The lowest BCUT2D eigenvalue weighted by Gasteiger charge is -2.41. The lowest BCUT2D eigenvalue weighted by atomic mass is 9.72. The molecule has 1 aromatic carbocycles. The van der Waals surface area contributed by atoms with Gasteiger partial charge in [0.1, 0.15) is 24.9 Å². The first-order valence-corrected chi connectivity index (χ1v) is 14.7. The number of halogens is 3. The van der Waals surface area contributed by atoms with Gasteiger partial charge >= 0.3 is 12.1 Å². The van der Waals surface area contributed by atoms with Crippen LogP contribution in [0.4, 0.5) is 13.6 Å². The van der Waals surface area contributed by atoms with Crippen LogP contribution in [0.5, 0.6) is 6.01 Å². The van der Waals surface area contributed by atoms with Crippen LogP contribution in [0.15, 0.2) is 36.5 Å². The van der Waals surface area contributed by atoms with E-state index in [0.29, 0.717) is 56.4 Å². The standard InChI is InChI=1S/C30H34ClF2N5O3/c1-2-29(10-13-37(14-11-29)28(39)40-18-20-7-4-3-5-8-20)25-22-16-34-26(31)23(33)24(22)35-27(36-25)41-19-30-9-6-12-38(30)17-21(32)15-30/h3-5,7-8,16,21H,2,6,9-15,17-19H2,1H3/t21-,30+/m1/s1. The minimum atomic E-state index is -0.887. The molecule has 3 aliphatic rings. The Morgan fingerprint density at radius 2 is 1.93 bits per heavy atom. The quantitative estimate of drug-likeness (QED) is 0.322. The molecule has 2 aromatic heterocycles. The van der Waals surface area contributed by atoms with Crippen LogP contribution in [0.3, 0.4) is 0 Å². The first-order chi connectivity index (χ1) is 19.8. The van der Waals surface area contributed by atoms with Crippen molar-refractivity contribution in [3.05, 3.63) is 58.8 Å². The van der Waals surface area contributed by atoms with Gasteiger partial charge in [0.05, 0.1) is 11.2 Å². The number of aromatic nitrogens is 3. The van der Waals surface area contributed by atoms with Gasteiger partial charge in [-0.2, -0.15) is 9.97 Å². The number of fused-ring (bicyclic) bond motifs is 2. The van der Waals surface area contributed by atoms with E-state index in [2.05, 4.69) is 21.8 Å². The number of carbonyl (C=O) groups is 1. The van der Waals surface area contributed by atoms with Crippen LogP contribution in [-0.4, -0.2) is 75.3 Å². The van der Waals surface area contributed by atoms with Crippen molar-refractivity contribution < 1.29 is 23.0 Å². The Kier molecular flexibility index (Phi) is 7.72. The van der Waals surface area contributed by atoms with Crippen molar-refractivity contribution in [3.63, 3.8) is 0 Å². The van der Waals surface area contributed by atoms with Crippen LogP contribution >= 0.6 is 11.6 Å². The molecule has 8 nitrogen and oxygen atoms in total. The highest BCUT2D eigenvalue weighted by atomic mass is 35.5. The normalized spacial score (nSPS) is 24.0. The summed E-state index contributed by atoms with van der Waals surface area (Å²) in [6, 6.07) is 9.61. The third-order valence-corrected chi connectivity index (χ3v) is 9.48. The molecule has 0 spiro atoms. The van der Waals surface area contributed by atoms with Gasteiger partial charge in [-0.3, -0.25) is 4.90 Å². The molecule has 3 fully saturated rings. The monoisotopic (exact) mass is 585 g/mol. The summed E-state index contributed by atoms with van der Waals surface area (Å²) in [5.41, 5.74) is 0.759. The average Bonchev–Trinajstić information content (AvgIpc) is 3.52. The molecule has 0 radical (unpaired) electrons. The maximum atomic E-state index is 15.3. The number of nitrogens with zero attached hydrogens (tertiary/aromatic N) is 5. The van der Waals surface area contributed by atoms with Gasteiger partial charge in [0.25, 0.3) is 0 Å². The molecule has 3 aromatic rings. The van der Waals surface area contributed by atoms with E-state index in [1.54, 1.807) is 4.90 Å². The Morgan fingerprint density at radius 3 is 2.68 bits per heavy atom.